The molecule has 1 aliphatic rings. The molecule has 0 saturated heterocycles. The van der Waals surface area contributed by atoms with Gasteiger partial charge in [-0.2, -0.15) is 4.98 Å². The summed E-state index contributed by atoms with van der Waals surface area (Å²) in [6.07, 6.45) is 6.58. The van der Waals surface area contributed by atoms with Gasteiger partial charge in [0.25, 0.3) is 0 Å². The van der Waals surface area contributed by atoms with Crippen LogP contribution >= 0.6 is 0 Å². The third-order valence-electron chi connectivity index (χ3n) is 3.81. The second kappa shape index (κ2) is 6.19. The summed E-state index contributed by atoms with van der Waals surface area (Å²) in [6, 6.07) is 0.409. The molecular weight excluding hydrogens is 238 g/mol. The number of nitrogens with zero attached hydrogens (tertiary/aromatic N) is 3. The van der Waals surface area contributed by atoms with E-state index in [-0.39, 0.29) is 0 Å². The van der Waals surface area contributed by atoms with Gasteiger partial charge in [-0.25, -0.2) is 4.98 Å². The maximum absolute atomic E-state index is 5.92. The van der Waals surface area contributed by atoms with Crippen molar-refractivity contribution >= 4 is 11.8 Å². The Morgan fingerprint density at radius 3 is 2.63 bits per heavy atom. The van der Waals surface area contributed by atoms with Crippen molar-refractivity contribution < 1.29 is 0 Å². The highest BCUT2D eigenvalue weighted by Crippen LogP contribution is 2.23. The van der Waals surface area contributed by atoms with Crippen LogP contribution < -0.4 is 16.0 Å². The molecular formula is C14H25N5. The van der Waals surface area contributed by atoms with Crippen LogP contribution in [0.5, 0.6) is 0 Å². The van der Waals surface area contributed by atoms with Gasteiger partial charge in [0.05, 0.1) is 0 Å². The van der Waals surface area contributed by atoms with Crippen LogP contribution in [0.4, 0.5) is 11.8 Å². The molecule has 0 aliphatic heterocycles. The lowest BCUT2D eigenvalue weighted by molar-refractivity contribution is 0.338. The zero-order valence-electron chi connectivity index (χ0n) is 12.2. The SMILES string of the molecule is Cc1cnc(NCC2CCC(N)CC2)nc1N(C)C. The molecule has 0 aromatic carbocycles. The van der Waals surface area contributed by atoms with E-state index in [1.165, 1.54) is 12.8 Å². The summed E-state index contributed by atoms with van der Waals surface area (Å²) in [7, 11) is 4.00. The first-order valence-corrected chi connectivity index (χ1v) is 7.06. The zero-order chi connectivity index (χ0) is 13.8. The number of aromatic nitrogens is 2. The third kappa shape index (κ3) is 3.80. The standard InChI is InChI=1S/C14H25N5/c1-10-8-16-14(18-13(10)19(2)3)17-9-11-4-6-12(15)7-5-11/h8,11-12H,4-7,9,15H2,1-3H3,(H,16,17,18). The molecule has 0 amide bonds. The van der Waals surface area contributed by atoms with E-state index < -0.39 is 0 Å². The van der Waals surface area contributed by atoms with Crippen molar-refractivity contribution in [2.45, 2.75) is 38.6 Å². The number of rotatable bonds is 4. The molecule has 106 valence electrons. The molecule has 2 rings (SSSR count). The van der Waals surface area contributed by atoms with E-state index in [9.17, 15) is 0 Å². The molecule has 5 heteroatoms. The Morgan fingerprint density at radius 2 is 2.00 bits per heavy atom. The molecule has 3 N–H and O–H groups in total. The molecule has 1 aromatic rings. The van der Waals surface area contributed by atoms with Gasteiger partial charge in [-0.15, -0.1) is 0 Å². The molecule has 19 heavy (non-hydrogen) atoms. The van der Waals surface area contributed by atoms with Gasteiger partial charge in [0, 0.05) is 38.4 Å². The average molecular weight is 263 g/mol. The number of nitrogens with two attached hydrogens (primary N) is 1. The van der Waals surface area contributed by atoms with E-state index >= 15 is 0 Å². The lowest BCUT2D eigenvalue weighted by Gasteiger charge is -2.26. The Morgan fingerprint density at radius 1 is 1.32 bits per heavy atom. The molecule has 1 fully saturated rings. The molecule has 1 aliphatic carbocycles. The highest BCUT2D eigenvalue weighted by atomic mass is 15.2. The quantitative estimate of drug-likeness (QED) is 0.866. The van der Waals surface area contributed by atoms with Gasteiger partial charge in [-0.3, -0.25) is 0 Å². The van der Waals surface area contributed by atoms with E-state index in [1.54, 1.807) is 0 Å². The van der Waals surface area contributed by atoms with Crippen molar-refractivity contribution in [3.05, 3.63) is 11.8 Å². The second-order valence-electron chi connectivity index (χ2n) is 5.76. The number of hydrogen-bond acceptors (Lipinski definition) is 5. The van der Waals surface area contributed by atoms with Crippen LogP contribution in [0.3, 0.4) is 0 Å². The van der Waals surface area contributed by atoms with Crippen molar-refractivity contribution in [2.75, 3.05) is 30.9 Å². The maximum atomic E-state index is 5.92. The van der Waals surface area contributed by atoms with E-state index in [4.69, 9.17) is 5.73 Å². The smallest absolute Gasteiger partial charge is 0.224 e. The van der Waals surface area contributed by atoms with E-state index in [1.807, 2.05) is 32.1 Å². The Labute approximate surface area is 115 Å². The average Bonchev–Trinajstić information content (AvgIpc) is 2.39. The Balaban J connectivity index is 1.91. The molecule has 0 radical (unpaired) electrons. The minimum absolute atomic E-state index is 0.409. The normalized spacial score (nSPS) is 23.2. The van der Waals surface area contributed by atoms with Crippen LogP contribution in [0, 0.1) is 12.8 Å². The summed E-state index contributed by atoms with van der Waals surface area (Å²) < 4.78 is 0. The fraction of sp³-hybridized carbons (Fsp3) is 0.714. The van der Waals surface area contributed by atoms with Crippen LogP contribution in [0.25, 0.3) is 0 Å². The number of anilines is 2. The number of hydrogen-bond donors (Lipinski definition) is 2. The lowest BCUT2D eigenvalue weighted by Crippen LogP contribution is -2.29. The summed E-state index contributed by atoms with van der Waals surface area (Å²) >= 11 is 0. The summed E-state index contributed by atoms with van der Waals surface area (Å²) in [5.74, 6) is 2.40. The maximum Gasteiger partial charge on any atom is 0.224 e. The van der Waals surface area contributed by atoms with Crippen molar-refractivity contribution in [1.82, 2.24) is 9.97 Å². The van der Waals surface area contributed by atoms with E-state index in [2.05, 4.69) is 15.3 Å². The monoisotopic (exact) mass is 263 g/mol. The number of nitrogens with one attached hydrogen (secondary N) is 1. The summed E-state index contributed by atoms with van der Waals surface area (Å²) in [4.78, 5) is 10.9. The minimum Gasteiger partial charge on any atom is -0.362 e. The van der Waals surface area contributed by atoms with E-state index in [0.717, 1.165) is 36.7 Å². The van der Waals surface area contributed by atoms with Gasteiger partial charge in [-0.1, -0.05) is 0 Å². The van der Waals surface area contributed by atoms with Crippen molar-refractivity contribution in [3.8, 4) is 0 Å². The topological polar surface area (TPSA) is 67.1 Å². The molecule has 5 nitrogen and oxygen atoms in total. The first-order chi connectivity index (χ1) is 9.06. The first-order valence-electron chi connectivity index (χ1n) is 7.06. The molecule has 1 aromatic heterocycles. The molecule has 0 atom stereocenters. The molecule has 1 heterocycles. The zero-order valence-corrected chi connectivity index (χ0v) is 12.2. The fourth-order valence-corrected chi connectivity index (χ4v) is 2.60. The van der Waals surface area contributed by atoms with Crippen molar-refractivity contribution in [2.24, 2.45) is 11.7 Å². The van der Waals surface area contributed by atoms with Crippen LogP contribution in [0.2, 0.25) is 0 Å². The molecule has 1 saturated carbocycles. The summed E-state index contributed by atoms with van der Waals surface area (Å²) in [5, 5.41) is 3.36. The van der Waals surface area contributed by atoms with Crippen molar-refractivity contribution in [1.29, 1.82) is 0 Å². The van der Waals surface area contributed by atoms with Gasteiger partial charge in [-0.05, 0) is 38.5 Å². The molecule has 0 bridgehead atoms. The highest BCUT2D eigenvalue weighted by Gasteiger charge is 2.18. The lowest BCUT2D eigenvalue weighted by atomic mass is 9.86. The van der Waals surface area contributed by atoms with Crippen molar-refractivity contribution in [3.63, 3.8) is 0 Å². The Kier molecular flexibility index (Phi) is 4.58. The predicted molar refractivity (Wildman–Crippen MR) is 79.5 cm³/mol. The predicted octanol–water partition coefficient (Wildman–Crippen LogP) is 1.78. The van der Waals surface area contributed by atoms with Gasteiger partial charge < -0.3 is 16.0 Å². The second-order valence-corrected chi connectivity index (χ2v) is 5.76. The van der Waals surface area contributed by atoms with Crippen LogP contribution in [-0.4, -0.2) is 36.6 Å². The van der Waals surface area contributed by atoms with Gasteiger partial charge in [0.2, 0.25) is 5.95 Å². The van der Waals surface area contributed by atoms with Crippen LogP contribution in [0.1, 0.15) is 31.2 Å². The van der Waals surface area contributed by atoms with Crippen LogP contribution in [-0.2, 0) is 0 Å². The number of aryl methyl sites for hydroxylation is 1. The van der Waals surface area contributed by atoms with E-state index in [0.29, 0.717) is 12.0 Å². The molecule has 0 unspecified atom stereocenters. The largest absolute Gasteiger partial charge is 0.362 e. The summed E-state index contributed by atoms with van der Waals surface area (Å²) in [5.41, 5.74) is 7.02. The first kappa shape index (κ1) is 14.1. The third-order valence-corrected chi connectivity index (χ3v) is 3.81. The fourth-order valence-electron chi connectivity index (χ4n) is 2.60. The summed E-state index contributed by atoms with van der Waals surface area (Å²) in [6.45, 7) is 2.98. The van der Waals surface area contributed by atoms with Gasteiger partial charge in [0.1, 0.15) is 5.82 Å². The minimum atomic E-state index is 0.409. The van der Waals surface area contributed by atoms with Gasteiger partial charge >= 0.3 is 0 Å². The van der Waals surface area contributed by atoms with Crippen LogP contribution in [0.15, 0.2) is 6.20 Å². The highest BCUT2D eigenvalue weighted by molar-refractivity contribution is 5.47. The van der Waals surface area contributed by atoms with Gasteiger partial charge in [0.15, 0.2) is 0 Å². The molecule has 0 spiro atoms. The Bertz CT molecular complexity index is 410. The Hall–Kier alpha value is -1.36.